The summed E-state index contributed by atoms with van der Waals surface area (Å²) in [5, 5.41) is 6.95. The molecule has 3 N–H and O–H groups in total. The van der Waals surface area contributed by atoms with Gasteiger partial charge in [0, 0.05) is 25.7 Å². The van der Waals surface area contributed by atoms with Gasteiger partial charge in [-0.15, -0.1) is 0 Å². The summed E-state index contributed by atoms with van der Waals surface area (Å²) in [4.78, 5) is 8.51. The van der Waals surface area contributed by atoms with Crippen molar-refractivity contribution < 1.29 is 0 Å². The molecule has 2 aromatic heterocycles. The third-order valence-corrected chi connectivity index (χ3v) is 2.12. The quantitative estimate of drug-likeness (QED) is 0.747. The van der Waals surface area contributed by atoms with Crippen molar-refractivity contribution in [3.8, 4) is 11.5 Å². The molecule has 0 aliphatic rings. The van der Waals surface area contributed by atoms with E-state index in [0.29, 0.717) is 12.4 Å². The van der Waals surface area contributed by atoms with Crippen molar-refractivity contribution in [2.45, 2.75) is 19.9 Å². The van der Waals surface area contributed by atoms with E-state index in [2.05, 4.69) is 20.2 Å². The Morgan fingerprint density at radius 1 is 1.53 bits per heavy atom. The minimum atomic E-state index is 0.601. The van der Waals surface area contributed by atoms with E-state index in [4.69, 9.17) is 5.73 Å². The minimum absolute atomic E-state index is 0.601. The molecule has 0 atom stereocenters. The Morgan fingerprint density at radius 3 is 3.07 bits per heavy atom. The van der Waals surface area contributed by atoms with Crippen molar-refractivity contribution >= 4 is 0 Å². The second-order valence-corrected chi connectivity index (χ2v) is 3.24. The van der Waals surface area contributed by atoms with Gasteiger partial charge in [0.1, 0.15) is 11.5 Å². The number of nitrogens with zero attached hydrogens (tertiary/aromatic N) is 4. The van der Waals surface area contributed by atoms with Gasteiger partial charge in [0.15, 0.2) is 0 Å². The van der Waals surface area contributed by atoms with E-state index in [9.17, 15) is 0 Å². The molecular weight excluding hydrogens is 192 g/mol. The van der Waals surface area contributed by atoms with Gasteiger partial charge in [-0.3, -0.25) is 5.10 Å². The highest BCUT2D eigenvalue weighted by atomic mass is 15.2. The van der Waals surface area contributed by atoms with Gasteiger partial charge in [0.05, 0.1) is 6.33 Å². The largest absolute Gasteiger partial charge is 0.335 e. The highest BCUT2D eigenvalue weighted by Gasteiger charge is 2.07. The summed E-state index contributed by atoms with van der Waals surface area (Å²) < 4.78 is 1.93. The monoisotopic (exact) mass is 206 g/mol. The molecule has 2 heterocycles. The Bertz CT molecular complexity index is 429. The number of aryl methyl sites for hydroxylation is 1. The fraction of sp³-hybridized carbons (Fsp3) is 0.444. The smallest absolute Gasteiger partial charge is 0.201 e. The number of rotatable bonds is 4. The fourth-order valence-corrected chi connectivity index (χ4v) is 1.31. The molecule has 2 aromatic rings. The van der Waals surface area contributed by atoms with Gasteiger partial charge in [0.2, 0.25) is 5.82 Å². The van der Waals surface area contributed by atoms with Crippen LogP contribution in [0.25, 0.3) is 11.5 Å². The van der Waals surface area contributed by atoms with Gasteiger partial charge in [-0.1, -0.05) is 6.92 Å². The van der Waals surface area contributed by atoms with E-state index < -0.39 is 0 Å². The molecule has 0 aliphatic carbocycles. The molecule has 2 rings (SSSR count). The maximum Gasteiger partial charge on any atom is 0.201 e. The maximum atomic E-state index is 5.45. The van der Waals surface area contributed by atoms with Crippen molar-refractivity contribution in [2.75, 3.05) is 6.54 Å². The number of hydrogen-bond acceptors (Lipinski definition) is 4. The average Bonchev–Trinajstić information content (AvgIpc) is 2.85. The van der Waals surface area contributed by atoms with Crippen LogP contribution in [0, 0.1) is 0 Å². The van der Waals surface area contributed by atoms with Gasteiger partial charge in [-0.2, -0.15) is 5.10 Å². The molecule has 0 aliphatic heterocycles. The zero-order chi connectivity index (χ0) is 10.7. The van der Waals surface area contributed by atoms with Crippen molar-refractivity contribution in [3.63, 3.8) is 0 Å². The van der Waals surface area contributed by atoms with Gasteiger partial charge >= 0.3 is 0 Å². The third-order valence-electron chi connectivity index (χ3n) is 2.12. The number of aromatic nitrogens is 5. The van der Waals surface area contributed by atoms with E-state index in [0.717, 1.165) is 24.5 Å². The van der Waals surface area contributed by atoms with Crippen LogP contribution in [0.2, 0.25) is 0 Å². The molecule has 0 aromatic carbocycles. The van der Waals surface area contributed by atoms with Crippen molar-refractivity contribution in [1.82, 2.24) is 24.7 Å². The van der Waals surface area contributed by atoms with E-state index in [1.165, 1.54) is 0 Å². The van der Waals surface area contributed by atoms with Gasteiger partial charge in [0.25, 0.3) is 0 Å². The lowest BCUT2D eigenvalue weighted by Crippen LogP contribution is -2.07. The van der Waals surface area contributed by atoms with E-state index in [-0.39, 0.29) is 0 Å². The van der Waals surface area contributed by atoms with Crippen LogP contribution in [0.1, 0.15) is 12.7 Å². The number of nitrogens with one attached hydrogen (secondary N) is 1. The van der Waals surface area contributed by atoms with Crippen LogP contribution >= 0.6 is 0 Å². The first-order valence-electron chi connectivity index (χ1n) is 4.97. The number of nitrogens with two attached hydrogens (primary N) is 1. The second kappa shape index (κ2) is 4.22. The Labute approximate surface area is 87.5 Å². The molecule has 0 unspecified atom stereocenters. The molecule has 80 valence electrons. The van der Waals surface area contributed by atoms with Crippen LogP contribution in [-0.2, 0) is 13.0 Å². The average molecular weight is 206 g/mol. The highest BCUT2D eigenvalue weighted by molar-refractivity contribution is 5.46. The van der Waals surface area contributed by atoms with Crippen LogP contribution in [0.5, 0.6) is 0 Å². The number of H-pyrrole nitrogens is 1. The summed E-state index contributed by atoms with van der Waals surface area (Å²) in [6, 6.07) is 0. The minimum Gasteiger partial charge on any atom is -0.335 e. The van der Waals surface area contributed by atoms with Gasteiger partial charge in [-0.25, -0.2) is 9.97 Å². The number of hydrogen-bond donors (Lipinski definition) is 2. The molecule has 0 amide bonds. The normalized spacial score (nSPS) is 10.8. The SMILES string of the molecule is CCc1nc(-c2cn(CCN)cn2)n[nH]1. The predicted molar refractivity (Wildman–Crippen MR) is 56.0 cm³/mol. The molecule has 0 fully saturated rings. The topological polar surface area (TPSA) is 85.4 Å². The summed E-state index contributed by atoms with van der Waals surface area (Å²) in [6.45, 7) is 3.39. The Balaban J connectivity index is 2.21. The zero-order valence-electron chi connectivity index (χ0n) is 8.64. The number of imidazole rings is 1. The van der Waals surface area contributed by atoms with E-state index >= 15 is 0 Å². The molecule has 0 saturated carbocycles. The zero-order valence-corrected chi connectivity index (χ0v) is 8.64. The lowest BCUT2D eigenvalue weighted by Gasteiger charge is -1.94. The second-order valence-electron chi connectivity index (χ2n) is 3.24. The first kappa shape index (κ1) is 9.85. The van der Waals surface area contributed by atoms with Crippen LogP contribution in [0.15, 0.2) is 12.5 Å². The molecule has 15 heavy (non-hydrogen) atoms. The molecule has 0 radical (unpaired) electrons. The summed E-state index contributed by atoms with van der Waals surface area (Å²) in [7, 11) is 0. The lowest BCUT2D eigenvalue weighted by atomic mass is 10.4. The molecule has 6 heteroatoms. The summed E-state index contributed by atoms with van der Waals surface area (Å²) in [5.41, 5.74) is 6.23. The number of aromatic amines is 1. The molecule has 0 saturated heterocycles. The van der Waals surface area contributed by atoms with Crippen molar-refractivity contribution in [3.05, 3.63) is 18.3 Å². The van der Waals surface area contributed by atoms with E-state index in [1.807, 2.05) is 17.7 Å². The van der Waals surface area contributed by atoms with Crippen molar-refractivity contribution in [2.24, 2.45) is 5.73 Å². The molecule has 0 spiro atoms. The molecule has 0 bridgehead atoms. The Hall–Kier alpha value is -1.69. The third kappa shape index (κ3) is 2.04. The fourth-order valence-electron chi connectivity index (χ4n) is 1.31. The summed E-state index contributed by atoms with van der Waals surface area (Å²) in [6.07, 6.45) is 4.48. The summed E-state index contributed by atoms with van der Waals surface area (Å²) >= 11 is 0. The van der Waals surface area contributed by atoms with Crippen molar-refractivity contribution in [1.29, 1.82) is 0 Å². The first-order chi connectivity index (χ1) is 7.33. The van der Waals surface area contributed by atoms with Crippen LogP contribution in [0.4, 0.5) is 0 Å². The predicted octanol–water partition coefficient (Wildman–Crippen LogP) is 0.189. The van der Waals surface area contributed by atoms with E-state index in [1.54, 1.807) is 6.33 Å². The van der Waals surface area contributed by atoms with Crippen LogP contribution < -0.4 is 5.73 Å². The van der Waals surface area contributed by atoms with Gasteiger partial charge in [-0.05, 0) is 0 Å². The Kier molecular flexibility index (Phi) is 2.77. The highest BCUT2D eigenvalue weighted by Crippen LogP contribution is 2.11. The maximum absolute atomic E-state index is 5.45. The molecular formula is C9H14N6. The molecule has 6 nitrogen and oxygen atoms in total. The van der Waals surface area contributed by atoms with Gasteiger partial charge < -0.3 is 10.3 Å². The Morgan fingerprint density at radius 2 is 2.40 bits per heavy atom. The van der Waals surface area contributed by atoms with Crippen LogP contribution in [0.3, 0.4) is 0 Å². The summed E-state index contributed by atoms with van der Waals surface area (Å²) in [5.74, 6) is 1.51. The first-order valence-corrected chi connectivity index (χ1v) is 4.97. The van der Waals surface area contributed by atoms with Crippen LogP contribution in [-0.4, -0.2) is 31.3 Å². The lowest BCUT2D eigenvalue weighted by molar-refractivity contribution is 0.708. The standard InChI is InChI=1S/C9H14N6/c1-2-8-12-9(14-13-8)7-5-15(4-3-10)6-11-7/h5-6H,2-4,10H2,1H3,(H,12,13,14).